The van der Waals surface area contributed by atoms with Crippen molar-refractivity contribution in [3.63, 3.8) is 0 Å². The minimum Gasteiger partial charge on any atom is -0.360 e. The Morgan fingerprint density at radius 3 is 3.06 bits per heavy atom. The number of hydrogen-bond acceptors (Lipinski definition) is 3. The van der Waals surface area contributed by atoms with Crippen molar-refractivity contribution in [2.75, 3.05) is 0 Å². The molecule has 86 valence electrons. The van der Waals surface area contributed by atoms with Crippen molar-refractivity contribution < 1.29 is 4.39 Å². The van der Waals surface area contributed by atoms with E-state index in [2.05, 4.69) is 9.97 Å². The third kappa shape index (κ3) is 1.73. The number of fused-ring (bicyclic) bond motifs is 1. The molecule has 0 amide bonds. The van der Waals surface area contributed by atoms with Gasteiger partial charge in [0.2, 0.25) is 0 Å². The van der Waals surface area contributed by atoms with Gasteiger partial charge in [-0.2, -0.15) is 0 Å². The summed E-state index contributed by atoms with van der Waals surface area (Å²) >= 11 is 1.52. The molecule has 1 aromatic carbocycles. The number of nitrogens with zero attached hydrogens (tertiary/aromatic N) is 1. The lowest BCUT2D eigenvalue weighted by atomic mass is 10.1. The summed E-state index contributed by atoms with van der Waals surface area (Å²) in [7, 11) is 0. The van der Waals surface area contributed by atoms with Crippen LogP contribution in [0.4, 0.5) is 4.39 Å². The summed E-state index contributed by atoms with van der Waals surface area (Å²) in [5.74, 6) is -0.243. The molecule has 0 aliphatic rings. The molecule has 3 rings (SSSR count). The van der Waals surface area contributed by atoms with Gasteiger partial charge >= 0.3 is 0 Å². The lowest BCUT2D eigenvalue weighted by molar-refractivity contribution is 0.630. The highest BCUT2D eigenvalue weighted by atomic mass is 32.1. The van der Waals surface area contributed by atoms with Gasteiger partial charge in [0.25, 0.3) is 0 Å². The first-order valence-corrected chi connectivity index (χ1v) is 6.07. The van der Waals surface area contributed by atoms with E-state index in [4.69, 9.17) is 5.73 Å². The molecular weight excluding hydrogens is 237 g/mol. The highest BCUT2D eigenvalue weighted by molar-refractivity contribution is 7.09. The van der Waals surface area contributed by atoms with Crippen LogP contribution >= 0.6 is 11.3 Å². The number of aromatic amines is 1. The predicted molar refractivity (Wildman–Crippen MR) is 67.3 cm³/mol. The summed E-state index contributed by atoms with van der Waals surface area (Å²) in [5, 5.41) is 3.67. The molecule has 2 heterocycles. The van der Waals surface area contributed by atoms with Crippen LogP contribution in [0.5, 0.6) is 0 Å². The fraction of sp³-hybridized carbons (Fsp3) is 0.0833. The summed E-state index contributed by atoms with van der Waals surface area (Å²) < 4.78 is 13.2. The van der Waals surface area contributed by atoms with Crippen molar-refractivity contribution in [2.24, 2.45) is 5.73 Å². The number of benzene rings is 1. The van der Waals surface area contributed by atoms with Crippen LogP contribution in [0.2, 0.25) is 0 Å². The number of nitrogens with two attached hydrogens (primary N) is 1. The molecule has 0 radical (unpaired) electrons. The van der Waals surface area contributed by atoms with Crippen LogP contribution in [0.15, 0.2) is 29.8 Å². The lowest BCUT2D eigenvalue weighted by Crippen LogP contribution is -1.94. The molecule has 0 fully saturated rings. The number of aromatic nitrogens is 2. The highest BCUT2D eigenvalue weighted by Crippen LogP contribution is 2.29. The van der Waals surface area contributed by atoms with Gasteiger partial charge in [-0.05, 0) is 18.2 Å². The van der Waals surface area contributed by atoms with E-state index in [9.17, 15) is 4.39 Å². The zero-order valence-corrected chi connectivity index (χ0v) is 9.72. The van der Waals surface area contributed by atoms with Crippen molar-refractivity contribution in [3.05, 3.63) is 40.6 Å². The van der Waals surface area contributed by atoms with Gasteiger partial charge in [0.05, 0.1) is 5.69 Å². The van der Waals surface area contributed by atoms with E-state index >= 15 is 0 Å². The van der Waals surface area contributed by atoms with Gasteiger partial charge in [0, 0.05) is 34.6 Å². The molecule has 2 aromatic heterocycles. The Balaban J connectivity index is 2.19. The van der Waals surface area contributed by atoms with Crippen LogP contribution in [-0.2, 0) is 6.54 Å². The summed E-state index contributed by atoms with van der Waals surface area (Å²) in [6, 6.07) is 4.68. The average Bonchev–Trinajstić information content (AvgIpc) is 2.93. The fourth-order valence-corrected chi connectivity index (χ4v) is 2.51. The topological polar surface area (TPSA) is 54.7 Å². The quantitative estimate of drug-likeness (QED) is 0.731. The summed E-state index contributed by atoms with van der Waals surface area (Å²) in [6.07, 6.45) is 1.85. The zero-order chi connectivity index (χ0) is 11.8. The van der Waals surface area contributed by atoms with Crippen LogP contribution in [0.1, 0.15) is 5.01 Å². The molecule has 0 aliphatic heterocycles. The first kappa shape index (κ1) is 10.4. The standard InChI is InChI=1S/C12H10FN3S/c13-7-1-2-10-8(3-7)9(5-15-10)11-6-17-12(4-14)16-11/h1-3,5-6,15H,4,14H2. The van der Waals surface area contributed by atoms with Crippen LogP contribution < -0.4 is 5.73 Å². The van der Waals surface area contributed by atoms with Crippen LogP contribution in [0.25, 0.3) is 22.2 Å². The monoisotopic (exact) mass is 247 g/mol. The Morgan fingerprint density at radius 2 is 2.29 bits per heavy atom. The van der Waals surface area contributed by atoms with Crippen molar-refractivity contribution in [1.29, 1.82) is 0 Å². The third-order valence-electron chi connectivity index (χ3n) is 2.65. The number of thiazole rings is 1. The van der Waals surface area contributed by atoms with Crippen LogP contribution in [0.3, 0.4) is 0 Å². The lowest BCUT2D eigenvalue weighted by Gasteiger charge is -1.94. The Morgan fingerprint density at radius 1 is 1.41 bits per heavy atom. The molecule has 0 spiro atoms. The molecule has 0 bridgehead atoms. The Kier molecular flexibility index (Phi) is 2.42. The number of nitrogens with one attached hydrogen (secondary N) is 1. The molecule has 3 nitrogen and oxygen atoms in total. The first-order chi connectivity index (χ1) is 8.28. The van der Waals surface area contributed by atoms with E-state index in [1.54, 1.807) is 6.07 Å². The Bertz CT molecular complexity index is 671. The van der Waals surface area contributed by atoms with Crippen LogP contribution in [0, 0.1) is 5.82 Å². The molecule has 17 heavy (non-hydrogen) atoms. The van der Waals surface area contributed by atoms with Crippen molar-refractivity contribution in [1.82, 2.24) is 9.97 Å². The maximum Gasteiger partial charge on any atom is 0.123 e. The second-order valence-electron chi connectivity index (χ2n) is 3.72. The SMILES string of the molecule is NCc1nc(-c2c[nH]c3ccc(F)cc23)cs1. The molecule has 0 aliphatic carbocycles. The molecule has 3 aromatic rings. The normalized spacial score (nSPS) is 11.2. The van der Waals surface area contributed by atoms with Gasteiger partial charge in [-0.3, -0.25) is 0 Å². The van der Waals surface area contributed by atoms with Crippen molar-refractivity contribution >= 4 is 22.2 Å². The maximum atomic E-state index is 13.2. The van der Waals surface area contributed by atoms with Gasteiger partial charge in [0.1, 0.15) is 10.8 Å². The van der Waals surface area contributed by atoms with Crippen molar-refractivity contribution in [3.8, 4) is 11.3 Å². The number of rotatable bonds is 2. The molecule has 0 atom stereocenters. The number of hydrogen-bond donors (Lipinski definition) is 2. The molecule has 3 N–H and O–H groups in total. The summed E-state index contributed by atoms with van der Waals surface area (Å²) in [4.78, 5) is 7.51. The minimum atomic E-state index is -0.243. The molecule has 0 unspecified atom stereocenters. The van der Waals surface area contributed by atoms with Crippen molar-refractivity contribution in [2.45, 2.75) is 6.54 Å². The number of halogens is 1. The molecule has 0 saturated heterocycles. The second kappa shape index (κ2) is 3.94. The smallest absolute Gasteiger partial charge is 0.123 e. The average molecular weight is 247 g/mol. The highest BCUT2D eigenvalue weighted by Gasteiger charge is 2.10. The fourth-order valence-electron chi connectivity index (χ4n) is 1.83. The number of H-pyrrole nitrogens is 1. The largest absolute Gasteiger partial charge is 0.360 e. The van der Waals surface area contributed by atoms with E-state index in [0.29, 0.717) is 6.54 Å². The minimum absolute atomic E-state index is 0.243. The van der Waals surface area contributed by atoms with Gasteiger partial charge in [-0.1, -0.05) is 0 Å². The maximum absolute atomic E-state index is 13.2. The van der Waals surface area contributed by atoms with Gasteiger partial charge in [0.15, 0.2) is 0 Å². The van der Waals surface area contributed by atoms with E-state index in [1.807, 2.05) is 11.6 Å². The van der Waals surface area contributed by atoms with E-state index in [1.165, 1.54) is 23.5 Å². The molecule has 5 heteroatoms. The Hall–Kier alpha value is -1.72. The first-order valence-electron chi connectivity index (χ1n) is 5.19. The van der Waals surface area contributed by atoms with E-state index in [0.717, 1.165) is 27.2 Å². The summed E-state index contributed by atoms with van der Waals surface area (Å²) in [6.45, 7) is 0.432. The van der Waals surface area contributed by atoms with Gasteiger partial charge < -0.3 is 10.7 Å². The predicted octanol–water partition coefficient (Wildman–Crippen LogP) is 2.89. The Labute approximate surface area is 101 Å². The molecular formula is C12H10FN3S. The molecule has 0 saturated carbocycles. The van der Waals surface area contributed by atoms with Gasteiger partial charge in [-0.25, -0.2) is 9.37 Å². The summed E-state index contributed by atoms with van der Waals surface area (Å²) in [5.41, 5.74) is 8.19. The zero-order valence-electron chi connectivity index (χ0n) is 8.90. The van der Waals surface area contributed by atoms with Crippen LogP contribution in [-0.4, -0.2) is 9.97 Å². The van der Waals surface area contributed by atoms with E-state index in [-0.39, 0.29) is 5.82 Å². The van der Waals surface area contributed by atoms with E-state index < -0.39 is 0 Å². The third-order valence-corrected chi connectivity index (χ3v) is 3.52. The second-order valence-corrected chi connectivity index (χ2v) is 4.67. The van der Waals surface area contributed by atoms with Gasteiger partial charge in [-0.15, -0.1) is 11.3 Å².